The van der Waals surface area contributed by atoms with E-state index in [4.69, 9.17) is 7.85 Å². The molecule has 2 radical (unpaired) electrons. The smallest absolute Gasteiger partial charge is 1.00 e. The van der Waals surface area contributed by atoms with Crippen LogP contribution in [-0.4, -0.2) is 7.85 Å². The third kappa shape index (κ3) is 2.26. The first kappa shape index (κ1) is 7.88. The first-order valence-electron chi connectivity index (χ1n) is 2.20. The zero-order valence-corrected chi connectivity index (χ0v) is 4.96. The minimum Gasteiger partial charge on any atom is -1.00 e. The molecule has 0 aliphatic rings. The molecule has 0 aliphatic carbocycles. The molecule has 34 valence electrons. The summed E-state index contributed by atoms with van der Waals surface area (Å²) in [5.74, 6) is 0. The van der Waals surface area contributed by atoms with Gasteiger partial charge in [0.2, 0.25) is 0 Å². The molecule has 0 aromatic heterocycles. The maximum Gasteiger partial charge on any atom is 1.00 e. The second kappa shape index (κ2) is 3.83. The van der Waals surface area contributed by atoms with Crippen LogP contribution in [0, 0.1) is 0 Å². The van der Waals surface area contributed by atoms with Crippen LogP contribution in [0.4, 0.5) is 0 Å². The molecule has 0 N–H and O–H groups in total. The fourth-order valence-electron chi connectivity index (χ4n) is 0.453. The van der Waals surface area contributed by atoms with E-state index in [9.17, 15) is 0 Å². The second-order valence-electron chi connectivity index (χ2n) is 1.41. The van der Waals surface area contributed by atoms with Crippen molar-refractivity contribution >= 4 is 13.3 Å². The standard InChI is InChI=1S/C6H5B.Li.H/c7-6-4-2-1-3-5-6;;/h1-5H;;/q;+1;-1. The Morgan fingerprint density at radius 1 is 1.12 bits per heavy atom. The summed E-state index contributed by atoms with van der Waals surface area (Å²) in [6.07, 6.45) is 0. The molecule has 1 rings (SSSR count). The van der Waals surface area contributed by atoms with Crippen molar-refractivity contribution in [2.75, 3.05) is 0 Å². The van der Waals surface area contributed by atoms with Gasteiger partial charge >= 0.3 is 18.9 Å². The van der Waals surface area contributed by atoms with Gasteiger partial charge in [-0.3, -0.25) is 0 Å². The summed E-state index contributed by atoms with van der Waals surface area (Å²) in [4.78, 5) is 0. The normalized spacial score (nSPS) is 7.50. The van der Waals surface area contributed by atoms with Crippen molar-refractivity contribution in [1.82, 2.24) is 0 Å². The Hall–Kier alpha value is -0.118. The predicted molar refractivity (Wildman–Crippen MR) is 32.9 cm³/mol. The van der Waals surface area contributed by atoms with E-state index in [0.717, 1.165) is 5.46 Å². The van der Waals surface area contributed by atoms with E-state index >= 15 is 0 Å². The van der Waals surface area contributed by atoms with Gasteiger partial charge in [-0.25, -0.2) is 0 Å². The van der Waals surface area contributed by atoms with E-state index < -0.39 is 0 Å². The molecule has 2 heteroatoms. The van der Waals surface area contributed by atoms with Gasteiger partial charge in [-0.15, -0.1) is 0 Å². The van der Waals surface area contributed by atoms with Gasteiger partial charge in [0, 0.05) is 0 Å². The Morgan fingerprint density at radius 2 is 1.62 bits per heavy atom. The molecular formula is C6H6BLi. The molecule has 0 amide bonds. The van der Waals surface area contributed by atoms with Gasteiger partial charge < -0.3 is 1.43 Å². The minimum atomic E-state index is 0. The zero-order valence-electron chi connectivity index (χ0n) is 5.96. The number of hydrogen-bond donors (Lipinski definition) is 0. The average molecular weight is 95.9 g/mol. The molecule has 0 unspecified atom stereocenters. The van der Waals surface area contributed by atoms with E-state index in [-0.39, 0.29) is 20.3 Å². The molecule has 1 aromatic rings. The first-order valence-corrected chi connectivity index (χ1v) is 2.20. The van der Waals surface area contributed by atoms with E-state index in [1.165, 1.54) is 0 Å². The Bertz CT molecular complexity index is 143. The van der Waals surface area contributed by atoms with Gasteiger partial charge in [0.25, 0.3) is 0 Å². The van der Waals surface area contributed by atoms with Crippen LogP contribution in [0.25, 0.3) is 0 Å². The summed E-state index contributed by atoms with van der Waals surface area (Å²) < 4.78 is 0. The van der Waals surface area contributed by atoms with Crippen molar-refractivity contribution in [1.29, 1.82) is 0 Å². The summed E-state index contributed by atoms with van der Waals surface area (Å²) in [6, 6.07) is 9.49. The van der Waals surface area contributed by atoms with Crippen molar-refractivity contribution in [2.24, 2.45) is 0 Å². The van der Waals surface area contributed by atoms with E-state index in [2.05, 4.69) is 0 Å². The van der Waals surface area contributed by atoms with Crippen LogP contribution in [0.15, 0.2) is 30.3 Å². The second-order valence-corrected chi connectivity index (χ2v) is 1.41. The Balaban J connectivity index is 0. The Morgan fingerprint density at radius 3 is 1.88 bits per heavy atom. The monoisotopic (exact) mass is 96.1 g/mol. The van der Waals surface area contributed by atoms with E-state index in [1.807, 2.05) is 30.3 Å². The number of hydrogen-bond acceptors (Lipinski definition) is 0. The fraction of sp³-hybridized carbons (Fsp3) is 0. The molecule has 1 aromatic carbocycles. The molecule has 0 spiro atoms. The van der Waals surface area contributed by atoms with Crippen molar-refractivity contribution in [2.45, 2.75) is 0 Å². The fourth-order valence-corrected chi connectivity index (χ4v) is 0.453. The Labute approximate surface area is 64.4 Å². The summed E-state index contributed by atoms with van der Waals surface area (Å²) in [5, 5.41) is 0. The summed E-state index contributed by atoms with van der Waals surface area (Å²) in [5.41, 5.74) is 0.822. The van der Waals surface area contributed by atoms with Crippen LogP contribution in [0.5, 0.6) is 0 Å². The molecule has 0 aliphatic heterocycles. The molecule has 0 fully saturated rings. The van der Waals surface area contributed by atoms with Gasteiger partial charge in [-0.2, -0.15) is 0 Å². The van der Waals surface area contributed by atoms with Crippen LogP contribution in [0.1, 0.15) is 1.43 Å². The number of benzene rings is 1. The quantitative estimate of drug-likeness (QED) is 0.316. The summed E-state index contributed by atoms with van der Waals surface area (Å²) in [6.45, 7) is 0. The van der Waals surface area contributed by atoms with E-state index in [1.54, 1.807) is 0 Å². The van der Waals surface area contributed by atoms with Crippen LogP contribution in [0.2, 0.25) is 0 Å². The van der Waals surface area contributed by atoms with Crippen LogP contribution >= 0.6 is 0 Å². The largest absolute Gasteiger partial charge is 1.00 e. The molecule has 0 saturated heterocycles. The molecular weight excluding hydrogens is 89.8 g/mol. The molecule has 8 heavy (non-hydrogen) atoms. The van der Waals surface area contributed by atoms with Crippen LogP contribution < -0.4 is 24.3 Å². The van der Waals surface area contributed by atoms with Gasteiger partial charge in [0.1, 0.15) is 7.85 Å². The van der Waals surface area contributed by atoms with Crippen molar-refractivity contribution in [3.8, 4) is 0 Å². The maximum atomic E-state index is 5.36. The van der Waals surface area contributed by atoms with Gasteiger partial charge in [-0.1, -0.05) is 35.8 Å². The SMILES string of the molecule is [B]c1ccccc1.[H-].[Li+]. The van der Waals surface area contributed by atoms with E-state index in [0.29, 0.717) is 0 Å². The van der Waals surface area contributed by atoms with Crippen molar-refractivity contribution in [3.05, 3.63) is 30.3 Å². The Kier molecular flexibility index (Phi) is 3.78. The molecule has 0 nitrogen and oxygen atoms in total. The summed E-state index contributed by atoms with van der Waals surface area (Å²) in [7, 11) is 5.36. The maximum absolute atomic E-state index is 5.36. The molecule has 0 bridgehead atoms. The molecule has 0 heterocycles. The van der Waals surface area contributed by atoms with Crippen molar-refractivity contribution in [3.63, 3.8) is 0 Å². The van der Waals surface area contributed by atoms with Crippen LogP contribution in [0.3, 0.4) is 0 Å². The van der Waals surface area contributed by atoms with Gasteiger partial charge in [-0.05, 0) is 0 Å². The van der Waals surface area contributed by atoms with Crippen LogP contribution in [-0.2, 0) is 0 Å². The summed E-state index contributed by atoms with van der Waals surface area (Å²) >= 11 is 0. The predicted octanol–water partition coefficient (Wildman–Crippen LogP) is -2.40. The number of rotatable bonds is 0. The van der Waals surface area contributed by atoms with Crippen molar-refractivity contribution < 1.29 is 20.3 Å². The average Bonchev–Trinajstić information content (AvgIpc) is 1.69. The third-order valence-electron chi connectivity index (χ3n) is 0.800. The molecule has 0 atom stereocenters. The molecule has 0 saturated carbocycles. The van der Waals surface area contributed by atoms with Gasteiger partial charge in [0.05, 0.1) is 0 Å². The topological polar surface area (TPSA) is 0 Å². The zero-order chi connectivity index (χ0) is 5.11. The third-order valence-corrected chi connectivity index (χ3v) is 0.800. The minimum absolute atomic E-state index is 0. The first-order chi connectivity index (χ1) is 3.39. The van der Waals surface area contributed by atoms with Gasteiger partial charge in [0.15, 0.2) is 0 Å².